The van der Waals surface area contributed by atoms with Gasteiger partial charge < -0.3 is 15.2 Å². The van der Waals surface area contributed by atoms with Gasteiger partial charge in [-0.2, -0.15) is 0 Å². The van der Waals surface area contributed by atoms with Gasteiger partial charge in [0.25, 0.3) is 0 Å². The molecule has 118 valence electrons. The summed E-state index contributed by atoms with van der Waals surface area (Å²) in [5, 5.41) is 14.3. The molecule has 0 amide bonds. The third kappa shape index (κ3) is 6.03. The van der Waals surface area contributed by atoms with Crippen molar-refractivity contribution in [3.05, 3.63) is 28.2 Å². The number of halogens is 2. The van der Waals surface area contributed by atoms with E-state index in [0.717, 1.165) is 24.4 Å². The maximum Gasteiger partial charge on any atom is 0.0945 e. The molecule has 0 radical (unpaired) electrons. The van der Waals surface area contributed by atoms with E-state index in [1.807, 2.05) is 0 Å². The second-order valence-corrected chi connectivity index (χ2v) is 6.78. The largest absolute Gasteiger partial charge is 0.389 e. The van der Waals surface area contributed by atoms with Crippen molar-refractivity contribution < 1.29 is 9.84 Å². The van der Waals surface area contributed by atoms with Gasteiger partial charge in [0.15, 0.2) is 0 Å². The van der Waals surface area contributed by atoms with Crippen LogP contribution in [0.1, 0.15) is 32.6 Å². The Bertz CT molecular complexity index is 428. The number of hydrogen-bond acceptors (Lipinski definition) is 3. The van der Waals surface area contributed by atoms with Gasteiger partial charge in [-0.15, -0.1) is 0 Å². The van der Waals surface area contributed by atoms with Gasteiger partial charge in [0.05, 0.1) is 18.8 Å². The van der Waals surface area contributed by atoms with E-state index in [-0.39, 0.29) is 0 Å². The molecule has 1 aromatic carbocycles. The van der Waals surface area contributed by atoms with Crippen LogP contribution in [0.25, 0.3) is 0 Å². The van der Waals surface area contributed by atoms with E-state index in [4.69, 9.17) is 27.9 Å². The van der Waals surface area contributed by atoms with E-state index in [1.165, 1.54) is 12.8 Å². The minimum Gasteiger partial charge on any atom is -0.389 e. The minimum atomic E-state index is -0.540. The summed E-state index contributed by atoms with van der Waals surface area (Å²) < 4.78 is 5.79. The fourth-order valence-corrected chi connectivity index (χ4v) is 3.12. The molecule has 1 aliphatic rings. The average molecular weight is 332 g/mol. The van der Waals surface area contributed by atoms with Gasteiger partial charge in [-0.1, -0.05) is 30.1 Å². The lowest BCUT2D eigenvalue weighted by molar-refractivity contribution is -0.0245. The normalized spacial score (nSPS) is 23.8. The van der Waals surface area contributed by atoms with E-state index >= 15 is 0 Å². The molecule has 2 rings (SSSR count). The lowest BCUT2D eigenvalue weighted by atomic mass is 9.89. The second-order valence-electron chi connectivity index (χ2n) is 5.91. The summed E-state index contributed by atoms with van der Waals surface area (Å²) in [4.78, 5) is 0. The fourth-order valence-electron chi connectivity index (χ4n) is 2.59. The summed E-state index contributed by atoms with van der Waals surface area (Å²) in [7, 11) is 0. The van der Waals surface area contributed by atoms with Gasteiger partial charge in [-0.25, -0.2) is 0 Å². The molecule has 0 aromatic heterocycles. The Kier molecular flexibility index (Phi) is 6.62. The highest BCUT2D eigenvalue weighted by Gasteiger charge is 2.19. The number of hydrogen-bond donors (Lipinski definition) is 2. The molecular formula is C16H23Cl2NO2. The van der Waals surface area contributed by atoms with Crippen LogP contribution in [0.15, 0.2) is 18.2 Å². The molecule has 0 spiro atoms. The van der Waals surface area contributed by atoms with Crippen LogP contribution in [0.2, 0.25) is 10.0 Å². The maximum absolute atomic E-state index is 9.98. The summed E-state index contributed by atoms with van der Waals surface area (Å²) in [5.41, 5.74) is 0.804. The van der Waals surface area contributed by atoms with E-state index in [0.29, 0.717) is 29.3 Å². The van der Waals surface area contributed by atoms with Gasteiger partial charge in [0.1, 0.15) is 0 Å². The van der Waals surface area contributed by atoms with Crippen LogP contribution in [-0.4, -0.2) is 30.5 Å². The Morgan fingerprint density at radius 1 is 1.19 bits per heavy atom. The first-order valence-corrected chi connectivity index (χ1v) is 8.28. The third-order valence-corrected chi connectivity index (χ3v) is 4.33. The predicted octanol–water partition coefficient (Wildman–Crippen LogP) is 4.36. The lowest BCUT2D eigenvalue weighted by Crippen LogP contribution is -2.29. The van der Waals surface area contributed by atoms with Crippen molar-refractivity contribution in [2.45, 2.75) is 44.8 Å². The number of aliphatic hydroxyl groups is 1. The van der Waals surface area contributed by atoms with Crippen LogP contribution in [0.5, 0.6) is 0 Å². The average Bonchev–Trinajstić information content (AvgIpc) is 2.43. The van der Waals surface area contributed by atoms with Gasteiger partial charge in [0, 0.05) is 22.3 Å². The number of rotatable bonds is 6. The van der Waals surface area contributed by atoms with E-state index in [1.54, 1.807) is 18.2 Å². The zero-order valence-electron chi connectivity index (χ0n) is 12.3. The van der Waals surface area contributed by atoms with E-state index in [2.05, 4.69) is 12.2 Å². The number of benzene rings is 1. The molecule has 3 nitrogen and oxygen atoms in total. The SMILES string of the molecule is CC1CCC(OCC(O)CNc2cc(Cl)cc(Cl)c2)CC1. The first kappa shape index (κ1) is 16.9. The highest BCUT2D eigenvalue weighted by Crippen LogP contribution is 2.25. The van der Waals surface area contributed by atoms with E-state index < -0.39 is 6.10 Å². The Morgan fingerprint density at radius 3 is 2.43 bits per heavy atom. The Hall–Kier alpha value is -0.480. The number of anilines is 1. The summed E-state index contributed by atoms with van der Waals surface area (Å²) in [6.07, 6.45) is 4.41. The molecule has 1 aliphatic carbocycles. The van der Waals surface area contributed by atoms with Crippen LogP contribution in [0, 0.1) is 5.92 Å². The van der Waals surface area contributed by atoms with Crippen molar-refractivity contribution in [1.29, 1.82) is 0 Å². The summed E-state index contributed by atoms with van der Waals surface area (Å²) in [6, 6.07) is 5.24. The van der Waals surface area contributed by atoms with Crippen molar-refractivity contribution in [2.24, 2.45) is 5.92 Å². The quantitative estimate of drug-likeness (QED) is 0.813. The molecule has 1 atom stereocenters. The van der Waals surface area contributed by atoms with Crippen molar-refractivity contribution in [1.82, 2.24) is 0 Å². The van der Waals surface area contributed by atoms with Crippen LogP contribution in [0.3, 0.4) is 0 Å². The number of aliphatic hydroxyl groups excluding tert-OH is 1. The molecule has 0 aliphatic heterocycles. The van der Waals surface area contributed by atoms with Gasteiger partial charge in [-0.3, -0.25) is 0 Å². The van der Waals surface area contributed by atoms with Crippen molar-refractivity contribution >= 4 is 28.9 Å². The monoisotopic (exact) mass is 331 g/mol. The van der Waals surface area contributed by atoms with E-state index in [9.17, 15) is 5.11 Å². The maximum atomic E-state index is 9.98. The van der Waals surface area contributed by atoms with Gasteiger partial charge in [-0.05, 0) is 49.8 Å². The van der Waals surface area contributed by atoms with Crippen molar-refractivity contribution in [3.63, 3.8) is 0 Å². The molecule has 1 fully saturated rings. The first-order valence-electron chi connectivity index (χ1n) is 7.52. The van der Waals surface area contributed by atoms with Crippen LogP contribution in [0.4, 0.5) is 5.69 Å². The smallest absolute Gasteiger partial charge is 0.0945 e. The molecule has 0 heterocycles. The standard InChI is InChI=1S/C16H23Cl2NO2/c1-11-2-4-16(5-3-11)21-10-15(20)9-19-14-7-12(17)6-13(18)8-14/h6-8,11,15-16,19-20H,2-5,9-10H2,1H3. The molecule has 21 heavy (non-hydrogen) atoms. The minimum absolute atomic E-state index is 0.302. The van der Waals surface area contributed by atoms with Crippen molar-refractivity contribution in [2.75, 3.05) is 18.5 Å². The van der Waals surface area contributed by atoms with Gasteiger partial charge in [0.2, 0.25) is 0 Å². The summed E-state index contributed by atoms with van der Waals surface area (Å²) in [5.74, 6) is 0.809. The fraction of sp³-hybridized carbons (Fsp3) is 0.625. The first-order chi connectivity index (χ1) is 10.0. The molecule has 0 bridgehead atoms. The Morgan fingerprint density at radius 2 is 1.81 bits per heavy atom. The third-order valence-electron chi connectivity index (χ3n) is 3.89. The second kappa shape index (κ2) is 8.23. The molecule has 0 saturated heterocycles. The molecule has 5 heteroatoms. The summed E-state index contributed by atoms with van der Waals surface area (Å²) in [6.45, 7) is 3.06. The highest BCUT2D eigenvalue weighted by molar-refractivity contribution is 6.35. The van der Waals surface area contributed by atoms with Crippen molar-refractivity contribution in [3.8, 4) is 0 Å². The van der Waals surface area contributed by atoms with Crippen LogP contribution >= 0.6 is 23.2 Å². The summed E-state index contributed by atoms with van der Waals surface area (Å²) >= 11 is 11.9. The predicted molar refractivity (Wildman–Crippen MR) is 88.3 cm³/mol. The van der Waals surface area contributed by atoms with Gasteiger partial charge >= 0.3 is 0 Å². The molecule has 1 unspecified atom stereocenters. The Balaban J connectivity index is 1.68. The van der Waals surface area contributed by atoms with Crippen LogP contribution < -0.4 is 5.32 Å². The molecular weight excluding hydrogens is 309 g/mol. The molecule has 2 N–H and O–H groups in total. The zero-order chi connectivity index (χ0) is 15.2. The number of ether oxygens (including phenoxy) is 1. The molecule has 1 aromatic rings. The highest BCUT2D eigenvalue weighted by atomic mass is 35.5. The zero-order valence-corrected chi connectivity index (χ0v) is 13.8. The topological polar surface area (TPSA) is 41.5 Å². The van der Waals surface area contributed by atoms with Crippen LogP contribution in [-0.2, 0) is 4.74 Å². The molecule has 1 saturated carbocycles. The lowest BCUT2D eigenvalue weighted by Gasteiger charge is -2.27. The Labute approximate surface area is 136 Å². The number of nitrogens with one attached hydrogen (secondary N) is 1.